The molecule has 0 unspecified atom stereocenters. The minimum Gasteiger partial charge on any atom is -0.300 e. The van der Waals surface area contributed by atoms with Gasteiger partial charge in [-0.25, -0.2) is 0 Å². The largest absolute Gasteiger partial charge is 0.300 e. The molecule has 0 amide bonds. The summed E-state index contributed by atoms with van der Waals surface area (Å²) in [5.74, 6) is 0.801. The van der Waals surface area contributed by atoms with E-state index in [2.05, 4.69) is 39.1 Å². The molecule has 1 saturated heterocycles. The van der Waals surface area contributed by atoms with Gasteiger partial charge in [0.15, 0.2) is 0 Å². The Morgan fingerprint density at radius 3 is 2.50 bits per heavy atom. The number of likely N-dealkylation sites (tertiary alicyclic amines) is 1. The minimum absolute atomic E-state index is 0.801. The Morgan fingerprint density at radius 1 is 1.04 bits per heavy atom. The van der Waals surface area contributed by atoms with Crippen LogP contribution in [0.2, 0.25) is 0 Å². The summed E-state index contributed by atoms with van der Waals surface area (Å²) >= 11 is 0. The molecule has 1 aliphatic heterocycles. The van der Waals surface area contributed by atoms with Crippen molar-refractivity contribution < 1.29 is 0 Å². The van der Waals surface area contributed by atoms with E-state index in [0.717, 1.165) is 31.6 Å². The van der Waals surface area contributed by atoms with E-state index in [1.165, 1.54) is 69.3 Å². The third-order valence-corrected chi connectivity index (χ3v) is 6.55. The van der Waals surface area contributed by atoms with Crippen molar-refractivity contribution in [1.82, 2.24) is 24.6 Å². The summed E-state index contributed by atoms with van der Waals surface area (Å²) in [4.78, 5) is 9.69. The summed E-state index contributed by atoms with van der Waals surface area (Å²) in [5.41, 5.74) is 2.61. The van der Waals surface area contributed by atoms with Crippen molar-refractivity contribution in [2.75, 3.05) is 19.6 Å². The molecule has 0 spiro atoms. The van der Waals surface area contributed by atoms with E-state index in [0.29, 0.717) is 0 Å². The number of hydrogen-bond donors (Lipinski definition) is 0. The molecule has 5 nitrogen and oxygen atoms in total. The van der Waals surface area contributed by atoms with Gasteiger partial charge >= 0.3 is 0 Å². The average molecular weight is 382 g/mol. The van der Waals surface area contributed by atoms with E-state index in [9.17, 15) is 0 Å². The lowest BCUT2D eigenvalue weighted by atomic mass is 9.94. The van der Waals surface area contributed by atoms with Gasteiger partial charge < -0.3 is 4.90 Å². The van der Waals surface area contributed by atoms with Gasteiger partial charge in [-0.15, -0.1) is 0 Å². The van der Waals surface area contributed by atoms with Crippen LogP contribution in [0.5, 0.6) is 0 Å². The first-order valence-electron chi connectivity index (χ1n) is 11.2. The minimum atomic E-state index is 0.801. The van der Waals surface area contributed by atoms with Crippen LogP contribution in [0.3, 0.4) is 0 Å². The number of aromatic nitrogens is 3. The number of pyridine rings is 1. The van der Waals surface area contributed by atoms with Crippen LogP contribution >= 0.6 is 0 Å². The Labute approximate surface area is 169 Å². The number of rotatable bonds is 8. The predicted octanol–water partition coefficient (Wildman–Crippen LogP) is 3.95. The summed E-state index contributed by atoms with van der Waals surface area (Å²) in [5, 5.41) is 4.47. The molecule has 28 heavy (non-hydrogen) atoms. The maximum Gasteiger partial charge on any atom is 0.0534 e. The van der Waals surface area contributed by atoms with Crippen LogP contribution in [-0.2, 0) is 19.6 Å². The van der Waals surface area contributed by atoms with Gasteiger partial charge in [-0.3, -0.25) is 14.6 Å². The van der Waals surface area contributed by atoms with E-state index >= 15 is 0 Å². The van der Waals surface area contributed by atoms with Crippen molar-refractivity contribution in [2.45, 2.75) is 71.1 Å². The molecule has 0 radical (unpaired) electrons. The highest BCUT2D eigenvalue weighted by molar-refractivity contribution is 5.10. The fourth-order valence-corrected chi connectivity index (χ4v) is 4.99. The second kappa shape index (κ2) is 9.66. The zero-order valence-corrected chi connectivity index (χ0v) is 17.3. The van der Waals surface area contributed by atoms with Gasteiger partial charge in [-0.1, -0.05) is 18.9 Å². The molecule has 0 N–H and O–H groups in total. The van der Waals surface area contributed by atoms with Crippen molar-refractivity contribution in [3.05, 3.63) is 48.0 Å². The zero-order chi connectivity index (χ0) is 19.2. The average Bonchev–Trinajstić information content (AvgIpc) is 3.41. The fraction of sp³-hybridized carbons (Fsp3) is 0.652. The first-order valence-corrected chi connectivity index (χ1v) is 11.2. The van der Waals surface area contributed by atoms with Crippen LogP contribution in [0.1, 0.15) is 56.6 Å². The lowest BCUT2D eigenvalue weighted by Gasteiger charge is -2.37. The molecule has 0 atom stereocenters. The van der Waals surface area contributed by atoms with Crippen LogP contribution < -0.4 is 0 Å². The monoisotopic (exact) mass is 381 g/mol. The Kier molecular flexibility index (Phi) is 6.76. The van der Waals surface area contributed by atoms with Gasteiger partial charge in [0.1, 0.15) is 0 Å². The van der Waals surface area contributed by atoms with Gasteiger partial charge in [0.25, 0.3) is 0 Å². The summed E-state index contributed by atoms with van der Waals surface area (Å²) in [7, 11) is 0. The normalized spacial score (nSPS) is 19.6. The van der Waals surface area contributed by atoms with Crippen LogP contribution in [0.15, 0.2) is 36.9 Å². The van der Waals surface area contributed by atoms with Crippen molar-refractivity contribution in [3.63, 3.8) is 0 Å². The van der Waals surface area contributed by atoms with Crippen molar-refractivity contribution >= 4 is 0 Å². The highest BCUT2D eigenvalue weighted by atomic mass is 15.3. The van der Waals surface area contributed by atoms with Crippen LogP contribution in [-0.4, -0.2) is 50.2 Å². The van der Waals surface area contributed by atoms with Crippen molar-refractivity contribution in [2.24, 2.45) is 5.92 Å². The molecule has 3 heterocycles. The molecule has 0 aromatic carbocycles. The molecule has 1 aliphatic carbocycles. The first-order chi connectivity index (χ1) is 13.8. The second-order valence-electron chi connectivity index (χ2n) is 8.65. The van der Waals surface area contributed by atoms with E-state index < -0.39 is 0 Å². The SMILES string of the molecule is CCn1cc(CN(Cc2cccnc2)CC2CCN(C3CCCC3)CC2)cn1. The second-order valence-corrected chi connectivity index (χ2v) is 8.65. The predicted molar refractivity (Wildman–Crippen MR) is 113 cm³/mol. The molecular formula is C23H35N5. The first kappa shape index (κ1) is 19.6. The standard InChI is InChI=1S/C23H35N5/c1-2-28-19-22(15-25-28)18-26(17-21-6-5-11-24-14-21)16-20-9-12-27(13-10-20)23-7-3-4-8-23/h5-6,11,14-15,19-20,23H,2-4,7-10,12-13,16-18H2,1H3. The summed E-state index contributed by atoms with van der Waals surface area (Å²) in [6, 6.07) is 5.12. The Balaban J connectivity index is 1.35. The zero-order valence-electron chi connectivity index (χ0n) is 17.3. The topological polar surface area (TPSA) is 37.2 Å². The van der Waals surface area contributed by atoms with Gasteiger partial charge in [-0.05, 0) is 63.2 Å². The van der Waals surface area contributed by atoms with E-state index in [1.807, 2.05) is 29.3 Å². The maximum absolute atomic E-state index is 4.47. The molecule has 2 fully saturated rings. The van der Waals surface area contributed by atoms with E-state index in [1.54, 1.807) is 0 Å². The van der Waals surface area contributed by atoms with Crippen LogP contribution in [0.25, 0.3) is 0 Å². The van der Waals surface area contributed by atoms with Crippen LogP contribution in [0.4, 0.5) is 0 Å². The maximum atomic E-state index is 4.47. The van der Waals surface area contributed by atoms with E-state index in [-0.39, 0.29) is 0 Å². The number of nitrogens with zero attached hydrogens (tertiary/aromatic N) is 5. The van der Waals surface area contributed by atoms with Gasteiger partial charge in [-0.2, -0.15) is 5.10 Å². The molecule has 1 saturated carbocycles. The van der Waals surface area contributed by atoms with Crippen LogP contribution in [0, 0.1) is 5.92 Å². The molecule has 0 bridgehead atoms. The summed E-state index contributed by atoms with van der Waals surface area (Å²) < 4.78 is 2.03. The molecule has 2 aliphatic rings. The molecule has 2 aromatic rings. The number of aryl methyl sites for hydroxylation is 1. The quantitative estimate of drug-likeness (QED) is 0.694. The lowest BCUT2D eigenvalue weighted by molar-refractivity contribution is 0.107. The molecule has 4 rings (SSSR count). The van der Waals surface area contributed by atoms with E-state index in [4.69, 9.17) is 0 Å². The third kappa shape index (κ3) is 5.21. The van der Waals surface area contributed by atoms with Gasteiger partial charge in [0.2, 0.25) is 0 Å². The third-order valence-electron chi connectivity index (χ3n) is 6.55. The highest BCUT2D eigenvalue weighted by Gasteiger charge is 2.28. The Hall–Kier alpha value is -1.72. The Bertz CT molecular complexity index is 699. The van der Waals surface area contributed by atoms with Gasteiger partial charge in [0, 0.05) is 56.4 Å². The van der Waals surface area contributed by atoms with Gasteiger partial charge in [0.05, 0.1) is 6.20 Å². The fourth-order valence-electron chi connectivity index (χ4n) is 4.99. The summed E-state index contributed by atoms with van der Waals surface area (Å²) in [6.45, 7) is 8.77. The molecular weight excluding hydrogens is 346 g/mol. The number of hydrogen-bond acceptors (Lipinski definition) is 4. The molecule has 152 valence electrons. The summed E-state index contributed by atoms with van der Waals surface area (Å²) in [6.07, 6.45) is 16.5. The number of piperidine rings is 1. The lowest BCUT2D eigenvalue weighted by Crippen LogP contribution is -2.42. The van der Waals surface area contributed by atoms with Crippen molar-refractivity contribution in [3.8, 4) is 0 Å². The smallest absolute Gasteiger partial charge is 0.0534 e. The Morgan fingerprint density at radius 2 is 1.82 bits per heavy atom. The van der Waals surface area contributed by atoms with Crippen molar-refractivity contribution in [1.29, 1.82) is 0 Å². The molecule has 2 aromatic heterocycles. The highest BCUT2D eigenvalue weighted by Crippen LogP contribution is 2.28. The molecule has 5 heteroatoms.